The quantitative estimate of drug-likeness (QED) is 0.523. The number of carbonyl (C=O) groups excluding carboxylic acids is 1. The number of aliphatic hydroxyl groups excluding tert-OH is 2. The van der Waals surface area contributed by atoms with Gasteiger partial charge in [-0.1, -0.05) is 24.3 Å². The molecule has 0 aliphatic heterocycles. The first-order valence-electron chi connectivity index (χ1n) is 9.61. The highest BCUT2D eigenvalue weighted by molar-refractivity contribution is 7.13. The lowest BCUT2D eigenvalue weighted by Gasteiger charge is -2.13. The number of benzene rings is 2. The minimum atomic E-state index is -1.02. The van der Waals surface area contributed by atoms with Gasteiger partial charge in [0.25, 0.3) is 0 Å². The number of rotatable bonds is 9. The van der Waals surface area contributed by atoms with E-state index in [4.69, 9.17) is 9.84 Å². The van der Waals surface area contributed by atoms with Crippen LogP contribution in [-0.2, 0) is 11.2 Å². The molecule has 1 aliphatic carbocycles. The summed E-state index contributed by atoms with van der Waals surface area (Å²) in [5.74, 6) is -0.0286. The number of nitrogens with zero attached hydrogens (tertiary/aromatic N) is 1. The van der Waals surface area contributed by atoms with Gasteiger partial charge in [-0.3, -0.25) is 4.79 Å². The first-order chi connectivity index (χ1) is 14.1. The molecular formula is C22H22FNO4S. The van der Waals surface area contributed by atoms with Crippen molar-refractivity contribution in [3.8, 4) is 0 Å². The number of ketones is 1. The van der Waals surface area contributed by atoms with Gasteiger partial charge in [0.1, 0.15) is 18.5 Å². The number of ether oxygens (including phenoxy) is 1. The van der Waals surface area contributed by atoms with Crippen LogP contribution < -0.4 is 0 Å². The lowest BCUT2D eigenvalue weighted by Crippen LogP contribution is -2.22. The predicted molar refractivity (Wildman–Crippen MR) is 109 cm³/mol. The molecule has 1 atom stereocenters. The summed E-state index contributed by atoms with van der Waals surface area (Å²) in [5, 5.41) is 19.1. The summed E-state index contributed by atoms with van der Waals surface area (Å²) in [5.41, 5.74) is 2.78. The van der Waals surface area contributed by atoms with Crippen molar-refractivity contribution in [1.29, 1.82) is 0 Å². The highest BCUT2D eigenvalue weighted by atomic mass is 32.1. The number of hydrogen-bond donors (Lipinski definition) is 2. The molecule has 0 amide bonds. The Hall–Kier alpha value is -2.19. The number of fused-ring (bicyclic) bond motifs is 1. The third-order valence-electron chi connectivity index (χ3n) is 5.17. The lowest BCUT2D eigenvalue weighted by molar-refractivity contribution is 0.00895. The monoisotopic (exact) mass is 415 g/mol. The number of halogens is 1. The molecule has 5 nitrogen and oxygen atoms in total. The van der Waals surface area contributed by atoms with E-state index in [0.29, 0.717) is 17.0 Å². The van der Waals surface area contributed by atoms with Crippen LogP contribution in [0.1, 0.15) is 45.8 Å². The van der Waals surface area contributed by atoms with Gasteiger partial charge in [-0.2, -0.15) is 4.37 Å². The van der Waals surface area contributed by atoms with Crippen LogP contribution in [0.5, 0.6) is 0 Å². The second-order valence-electron chi connectivity index (χ2n) is 7.41. The Morgan fingerprint density at radius 3 is 2.86 bits per heavy atom. The second-order valence-corrected chi connectivity index (χ2v) is 8.21. The summed E-state index contributed by atoms with van der Waals surface area (Å²) in [6.45, 7) is -0.780. The molecule has 1 aromatic heterocycles. The molecule has 4 rings (SSSR count). The zero-order valence-electron chi connectivity index (χ0n) is 15.8. The molecule has 29 heavy (non-hydrogen) atoms. The van der Waals surface area contributed by atoms with Crippen LogP contribution in [0.15, 0.2) is 36.5 Å². The van der Waals surface area contributed by atoms with Crippen LogP contribution in [0.4, 0.5) is 4.39 Å². The fraction of sp³-hybridized carbons (Fsp3) is 0.364. The van der Waals surface area contributed by atoms with Crippen molar-refractivity contribution in [2.75, 3.05) is 19.8 Å². The number of aliphatic hydroxyl groups is 2. The molecule has 7 heteroatoms. The summed E-state index contributed by atoms with van der Waals surface area (Å²) in [7, 11) is 0. The molecule has 152 valence electrons. The van der Waals surface area contributed by atoms with E-state index in [1.54, 1.807) is 18.3 Å². The van der Waals surface area contributed by atoms with E-state index in [0.717, 1.165) is 34.1 Å². The molecule has 1 fully saturated rings. The van der Waals surface area contributed by atoms with Gasteiger partial charge in [0.2, 0.25) is 0 Å². The van der Waals surface area contributed by atoms with Crippen LogP contribution in [0.2, 0.25) is 0 Å². The third-order valence-corrected chi connectivity index (χ3v) is 6.05. The Bertz CT molecular complexity index is 1030. The van der Waals surface area contributed by atoms with Crippen molar-refractivity contribution in [1.82, 2.24) is 4.37 Å². The Labute approximate surface area is 171 Å². The molecule has 0 unspecified atom stereocenters. The number of Topliss-reactive ketones (excluding diaryl/α,β-unsaturated/α-hetero) is 1. The van der Waals surface area contributed by atoms with Crippen molar-refractivity contribution < 1.29 is 24.1 Å². The van der Waals surface area contributed by atoms with E-state index >= 15 is 0 Å². The lowest BCUT2D eigenvalue weighted by atomic mass is 9.95. The largest absolute Gasteiger partial charge is 0.394 e. The summed E-state index contributed by atoms with van der Waals surface area (Å²) >= 11 is 1.28. The standard InChI is InChI=1S/C22H22FNO4S/c23-20-8-14(13-1-2-13)3-4-15(20)7-19-18(6-5-16-9-24-29-22(16)19)21(27)12-28-11-17(26)10-25/h3-6,8-9,13,17,25-26H,1-2,7,10-12H2/t17-/m1/s1. The summed E-state index contributed by atoms with van der Waals surface area (Å²) in [4.78, 5) is 12.7. The fourth-order valence-electron chi connectivity index (χ4n) is 3.41. The highest BCUT2D eigenvalue weighted by Gasteiger charge is 2.25. The second kappa shape index (κ2) is 8.67. The van der Waals surface area contributed by atoms with E-state index in [9.17, 15) is 14.3 Å². The van der Waals surface area contributed by atoms with Gasteiger partial charge in [-0.25, -0.2) is 4.39 Å². The summed E-state index contributed by atoms with van der Waals surface area (Å²) in [6, 6.07) is 8.94. The maximum Gasteiger partial charge on any atom is 0.188 e. The van der Waals surface area contributed by atoms with E-state index in [2.05, 4.69) is 4.37 Å². The average molecular weight is 415 g/mol. The van der Waals surface area contributed by atoms with Crippen LogP contribution >= 0.6 is 11.5 Å². The summed E-state index contributed by atoms with van der Waals surface area (Å²) in [6.07, 6.45) is 3.23. The maximum absolute atomic E-state index is 14.7. The first kappa shape index (κ1) is 20.1. The van der Waals surface area contributed by atoms with Crippen molar-refractivity contribution in [2.45, 2.75) is 31.3 Å². The molecule has 0 bridgehead atoms. The Morgan fingerprint density at radius 1 is 1.31 bits per heavy atom. The van der Waals surface area contributed by atoms with Gasteiger partial charge < -0.3 is 14.9 Å². The van der Waals surface area contributed by atoms with E-state index in [-0.39, 0.29) is 31.2 Å². The minimum absolute atomic E-state index is 0.127. The molecular weight excluding hydrogens is 393 g/mol. The van der Waals surface area contributed by atoms with E-state index in [1.807, 2.05) is 18.2 Å². The smallest absolute Gasteiger partial charge is 0.188 e. The maximum atomic E-state index is 14.7. The van der Waals surface area contributed by atoms with Crippen LogP contribution in [0.25, 0.3) is 10.1 Å². The first-order valence-corrected chi connectivity index (χ1v) is 10.4. The van der Waals surface area contributed by atoms with Gasteiger partial charge >= 0.3 is 0 Å². The molecule has 2 aromatic carbocycles. The van der Waals surface area contributed by atoms with Crippen molar-refractivity contribution >= 4 is 27.4 Å². The van der Waals surface area contributed by atoms with E-state index in [1.165, 1.54) is 11.5 Å². The SMILES string of the molecule is O=C(COC[C@H](O)CO)c1ccc2cnsc2c1Cc1ccc(C2CC2)cc1F. The fourth-order valence-corrected chi connectivity index (χ4v) is 4.20. The van der Waals surface area contributed by atoms with Gasteiger partial charge in [0, 0.05) is 23.6 Å². The molecule has 0 spiro atoms. The number of carbonyl (C=O) groups is 1. The molecule has 3 aromatic rings. The Balaban J connectivity index is 1.61. The van der Waals surface area contributed by atoms with Crippen LogP contribution in [-0.4, -0.2) is 46.3 Å². The van der Waals surface area contributed by atoms with Crippen LogP contribution in [0.3, 0.4) is 0 Å². The number of hydrogen-bond acceptors (Lipinski definition) is 6. The molecule has 1 heterocycles. The predicted octanol–water partition coefficient (Wildman–Crippen LogP) is 3.46. The Morgan fingerprint density at radius 2 is 2.14 bits per heavy atom. The van der Waals surface area contributed by atoms with E-state index < -0.39 is 12.7 Å². The highest BCUT2D eigenvalue weighted by Crippen LogP contribution is 2.40. The number of aromatic nitrogens is 1. The molecule has 1 saturated carbocycles. The molecule has 2 N–H and O–H groups in total. The van der Waals surface area contributed by atoms with Crippen molar-refractivity contribution in [3.63, 3.8) is 0 Å². The normalized spacial score (nSPS) is 15.0. The van der Waals surface area contributed by atoms with Crippen molar-refractivity contribution in [2.24, 2.45) is 0 Å². The zero-order valence-corrected chi connectivity index (χ0v) is 16.6. The van der Waals surface area contributed by atoms with Crippen molar-refractivity contribution in [3.05, 3.63) is 64.6 Å². The minimum Gasteiger partial charge on any atom is -0.394 e. The molecule has 1 aliphatic rings. The Kier molecular flexibility index (Phi) is 6.01. The topological polar surface area (TPSA) is 79.7 Å². The third kappa shape index (κ3) is 4.53. The van der Waals surface area contributed by atoms with Gasteiger partial charge in [0.05, 0.1) is 17.9 Å². The zero-order chi connectivity index (χ0) is 20.4. The summed E-state index contributed by atoms with van der Waals surface area (Å²) < 4.78 is 25.0. The molecule has 0 saturated heterocycles. The molecule has 0 radical (unpaired) electrons. The van der Waals surface area contributed by atoms with Crippen LogP contribution in [0, 0.1) is 5.82 Å². The van der Waals surface area contributed by atoms with Gasteiger partial charge in [0.15, 0.2) is 5.78 Å². The average Bonchev–Trinajstić information content (AvgIpc) is 3.46. The van der Waals surface area contributed by atoms with Gasteiger partial charge in [-0.05, 0) is 53.0 Å². The van der Waals surface area contributed by atoms with Gasteiger partial charge in [-0.15, -0.1) is 0 Å².